The van der Waals surface area contributed by atoms with Crippen LogP contribution in [0, 0.1) is 6.92 Å². The van der Waals surface area contributed by atoms with Crippen LogP contribution in [0.4, 0.5) is 10.5 Å². The number of benzene rings is 2. The SMILES string of the molecule is Cc1ccccc1C1(CNC(=O)N2c3ccccc3CC2C)CC1. The van der Waals surface area contributed by atoms with Gasteiger partial charge in [-0.25, -0.2) is 4.79 Å². The molecule has 1 fully saturated rings. The van der Waals surface area contributed by atoms with E-state index in [2.05, 4.69) is 49.5 Å². The monoisotopic (exact) mass is 320 g/mol. The Kier molecular flexibility index (Phi) is 3.60. The number of rotatable bonds is 3. The fraction of sp³-hybridized carbons (Fsp3) is 0.381. The van der Waals surface area contributed by atoms with Gasteiger partial charge in [-0.3, -0.25) is 4.90 Å². The Morgan fingerprint density at radius 2 is 1.88 bits per heavy atom. The van der Waals surface area contributed by atoms with Crippen molar-refractivity contribution in [1.82, 2.24) is 5.32 Å². The quantitative estimate of drug-likeness (QED) is 0.903. The van der Waals surface area contributed by atoms with Crippen LogP contribution in [0.15, 0.2) is 48.5 Å². The van der Waals surface area contributed by atoms with Gasteiger partial charge < -0.3 is 5.32 Å². The van der Waals surface area contributed by atoms with Crippen molar-refractivity contribution in [3.8, 4) is 0 Å². The molecule has 3 heteroatoms. The van der Waals surface area contributed by atoms with E-state index in [1.165, 1.54) is 16.7 Å². The molecule has 1 unspecified atom stereocenters. The highest BCUT2D eigenvalue weighted by Gasteiger charge is 2.45. The molecule has 0 saturated heterocycles. The van der Waals surface area contributed by atoms with E-state index in [0.717, 1.165) is 31.5 Å². The largest absolute Gasteiger partial charge is 0.337 e. The molecular weight excluding hydrogens is 296 g/mol. The van der Waals surface area contributed by atoms with Gasteiger partial charge in [0, 0.05) is 23.7 Å². The van der Waals surface area contributed by atoms with Gasteiger partial charge in [-0.15, -0.1) is 0 Å². The second-order valence-electron chi connectivity index (χ2n) is 7.31. The number of nitrogens with one attached hydrogen (secondary N) is 1. The number of fused-ring (bicyclic) bond motifs is 1. The van der Waals surface area contributed by atoms with Gasteiger partial charge in [-0.1, -0.05) is 42.5 Å². The Bertz CT molecular complexity index is 779. The Morgan fingerprint density at radius 1 is 1.17 bits per heavy atom. The van der Waals surface area contributed by atoms with Crippen LogP contribution < -0.4 is 10.2 Å². The van der Waals surface area contributed by atoms with Gasteiger partial charge in [0.2, 0.25) is 0 Å². The number of hydrogen-bond donors (Lipinski definition) is 1. The van der Waals surface area contributed by atoms with Crippen molar-refractivity contribution in [2.24, 2.45) is 0 Å². The number of para-hydroxylation sites is 1. The number of carbonyl (C=O) groups is 1. The molecule has 24 heavy (non-hydrogen) atoms. The fourth-order valence-corrected chi connectivity index (χ4v) is 4.07. The van der Waals surface area contributed by atoms with Crippen LogP contribution in [0.25, 0.3) is 0 Å². The lowest BCUT2D eigenvalue weighted by Gasteiger charge is -2.25. The molecule has 0 spiro atoms. The van der Waals surface area contributed by atoms with Gasteiger partial charge in [0.1, 0.15) is 0 Å². The summed E-state index contributed by atoms with van der Waals surface area (Å²) in [4.78, 5) is 14.7. The molecule has 2 amide bonds. The maximum atomic E-state index is 12.8. The summed E-state index contributed by atoms with van der Waals surface area (Å²) < 4.78 is 0. The summed E-state index contributed by atoms with van der Waals surface area (Å²) in [6.45, 7) is 5.01. The highest BCUT2D eigenvalue weighted by molar-refractivity contribution is 5.95. The molecule has 1 atom stereocenters. The Morgan fingerprint density at radius 3 is 2.62 bits per heavy atom. The lowest BCUT2D eigenvalue weighted by Crippen LogP contribution is -2.45. The minimum atomic E-state index is 0.0345. The summed E-state index contributed by atoms with van der Waals surface area (Å²) in [6, 6.07) is 17.0. The van der Waals surface area contributed by atoms with Crippen molar-refractivity contribution >= 4 is 11.7 Å². The van der Waals surface area contributed by atoms with Crippen LogP contribution in [-0.4, -0.2) is 18.6 Å². The molecule has 2 aliphatic rings. The molecule has 0 radical (unpaired) electrons. The molecule has 3 nitrogen and oxygen atoms in total. The second-order valence-corrected chi connectivity index (χ2v) is 7.31. The van der Waals surface area contributed by atoms with E-state index >= 15 is 0 Å². The number of urea groups is 1. The molecular formula is C21H24N2O. The molecule has 1 aliphatic carbocycles. The lowest BCUT2D eigenvalue weighted by molar-refractivity contribution is 0.244. The number of anilines is 1. The Balaban J connectivity index is 1.49. The van der Waals surface area contributed by atoms with E-state index in [1.807, 2.05) is 23.1 Å². The van der Waals surface area contributed by atoms with Gasteiger partial charge in [0.05, 0.1) is 0 Å². The number of amides is 2. The van der Waals surface area contributed by atoms with Gasteiger partial charge in [-0.05, 0) is 55.9 Å². The van der Waals surface area contributed by atoms with Crippen LogP contribution >= 0.6 is 0 Å². The van der Waals surface area contributed by atoms with Crippen molar-refractivity contribution < 1.29 is 4.79 Å². The van der Waals surface area contributed by atoms with Crippen LogP contribution in [0.2, 0.25) is 0 Å². The molecule has 1 aliphatic heterocycles. The third kappa shape index (κ3) is 2.48. The minimum absolute atomic E-state index is 0.0345. The first-order valence-electron chi connectivity index (χ1n) is 8.82. The third-order valence-electron chi connectivity index (χ3n) is 5.57. The summed E-state index contributed by atoms with van der Waals surface area (Å²) in [5.74, 6) is 0. The maximum absolute atomic E-state index is 12.8. The highest BCUT2D eigenvalue weighted by atomic mass is 16.2. The first kappa shape index (κ1) is 15.3. The van der Waals surface area contributed by atoms with Gasteiger partial charge in [0.15, 0.2) is 0 Å². The molecule has 1 heterocycles. The zero-order chi connectivity index (χ0) is 16.7. The molecule has 0 aromatic heterocycles. The summed E-state index contributed by atoms with van der Waals surface area (Å²) in [5.41, 5.74) is 5.18. The predicted octanol–water partition coefficient (Wildman–Crippen LogP) is 4.19. The minimum Gasteiger partial charge on any atom is -0.337 e. The summed E-state index contributed by atoms with van der Waals surface area (Å²) in [5, 5.41) is 3.21. The first-order valence-corrected chi connectivity index (χ1v) is 8.82. The normalized spacial score (nSPS) is 20.6. The van der Waals surface area contributed by atoms with Crippen LogP contribution in [0.3, 0.4) is 0 Å². The zero-order valence-electron chi connectivity index (χ0n) is 14.4. The third-order valence-corrected chi connectivity index (χ3v) is 5.57. The summed E-state index contributed by atoms with van der Waals surface area (Å²) in [6.07, 6.45) is 3.25. The van der Waals surface area contributed by atoms with Crippen LogP contribution in [0.5, 0.6) is 0 Å². The zero-order valence-corrected chi connectivity index (χ0v) is 14.4. The Labute approximate surface area is 143 Å². The van der Waals surface area contributed by atoms with E-state index in [0.29, 0.717) is 0 Å². The summed E-state index contributed by atoms with van der Waals surface area (Å²) in [7, 11) is 0. The molecule has 0 bridgehead atoms. The average molecular weight is 320 g/mol. The van der Waals surface area contributed by atoms with E-state index in [9.17, 15) is 4.79 Å². The molecule has 2 aromatic carbocycles. The van der Waals surface area contributed by atoms with Gasteiger partial charge in [0.25, 0.3) is 0 Å². The van der Waals surface area contributed by atoms with Crippen molar-refractivity contribution in [3.63, 3.8) is 0 Å². The standard InChI is InChI=1S/C21H24N2O/c1-15-7-3-5-9-18(15)21(11-12-21)14-22-20(24)23-16(2)13-17-8-4-6-10-19(17)23/h3-10,16H,11-14H2,1-2H3,(H,22,24). The van der Waals surface area contributed by atoms with Crippen molar-refractivity contribution in [1.29, 1.82) is 0 Å². The smallest absolute Gasteiger partial charge is 0.322 e. The van der Waals surface area contributed by atoms with E-state index < -0.39 is 0 Å². The average Bonchev–Trinajstić information content (AvgIpc) is 3.28. The number of aryl methyl sites for hydroxylation is 1. The second kappa shape index (κ2) is 5.66. The highest BCUT2D eigenvalue weighted by Crippen LogP contribution is 2.48. The van der Waals surface area contributed by atoms with Crippen molar-refractivity contribution in [2.75, 3.05) is 11.4 Å². The molecule has 2 aromatic rings. The maximum Gasteiger partial charge on any atom is 0.322 e. The van der Waals surface area contributed by atoms with E-state index in [-0.39, 0.29) is 17.5 Å². The van der Waals surface area contributed by atoms with Crippen molar-refractivity contribution in [3.05, 3.63) is 65.2 Å². The molecule has 4 rings (SSSR count). The predicted molar refractivity (Wildman–Crippen MR) is 97.6 cm³/mol. The topological polar surface area (TPSA) is 32.3 Å². The molecule has 1 N–H and O–H groups in total. The van der Waals surface area contributed by atoms with Gasteiger partial charge >= 0.3 is 6.03 Å². The Hall–Kier alpha value is -2.29. The number of hydrogen-bond acceptors (Lipinski definition) is 1. The lowest BCUT2D eigenvalue weighted by atomic mass is 9.92. The van der Waals surface area contributed by atoms with Gasteiger partial charge in [-0.2, -0.15) is 0 Å². The fourth-order valence-electron chi connectivity index (χ4n) is 4.07. The molecule has 1 saturated carbocycles. The van der Waals surface area contributed by atoms with E-state index in [1.54, 1.807) is 0 Å². The number of carbonyl (C=O) groups excluding carboxylic acids is 1. The van der Waals surface area contributed by atoms with Crippen LogP contribution in [0.1, 0.15) is 36.5 Å². The van der Waals surface area contributed by atoms with Crippen LogP contribution in [-0.2, 0) is 11.8 Å². The molecule has 124 valence electrons. The first-order chi connectivity index (χ1) is 11.6. The van der Waals surface area contributed by atoms with E-state index in [4.69, 9.17) is 0 Å². The van der Waals surface area contributed by atoms with Crippen molar-refractivity contribution in [2.45, 2.75) is 44.6 Å². The number of nitrogens with zero attached hydrogens (tertiary/aromatic N) is 1. The summed E-state index contributed by atoms with van der Waals surface area (Å²) >= 11 is 0.